The number of nitrogens with zero attached hydrogens (tertiary/aromatic N) is 3. The number of fused-ring (bicyclic) bond motifs is 6. The molecule has 0 bridgehead atoms. The van der Waals surface area contributed by atoms with Gasteiger partial charge in [0.25, 0.3) is 0 Å². The molecule has 0 aliphatic heterocycles. The first-order valence-corrected chi connectivity index (χ1v) is 32.4. The summed E-state index contributed by atoms with van der Waals surface area (Å²) in [6.07, 6.45) is 0. The largest absolute Gasteiger partial charge is 0.310 e. The van der Waals surface area contributed by atoms with Crippen LogP contribution in [0, 0.1) is 0 Å². The van der Waals surface area contributed by atoms with Gasteiger partial charge in [0.2, 0.25) is 0 Å². The molecule has 0 spiro atoms. The van der Waals surface area contributed by atoms with Gasteiger partial charge in [0, 0.05) is 45.0 Å². The minimum atomic E-state index is -0.866. The molecule has 1 heterocycles. The first-order chi connectivity index (χ1) is 46.6. The number of para-hydroxylation sites is 2. The quantitative estimate of drug-likeness (QED) is 0.108. The molecule has 0 radical (unpaired) electrons. The van der Waals surface area contributed by atoms with E-state index in [0.29, 0.717) is 0 Å². The third kappa shape index (κ3) is 9.23. The highest BCUT2D eigenvalue weighted by Gasteiger charge is 2.53. The summed E-state index contributed by atoms with van der Waals surface area (Å²) in [5.74, 6) is 0. The van der Waals surface area contributed by atoms with Crippen LogP contribution < -0.4 is 9.80 Å². The Bertz CT molecular complexity index is 4790. The molecule has 14 aromatic carbocycles. The number of aromatic nitrogens is 1. The van der Waals surface area contributed by atoms with Crippen LogP contribution in [0.15, 0.2) is 382 Å². The van der Waals surface area contributed by atoms with E-state index in [-0.39, 0.29) is 0 Å². The summed E-state index contributed by atoms with van der Waals surface area (Å²) in [5, 5.41) is 0. The molecule has 0 N–H and O–H groups in total. The Balaban J connectivity index is 0.929. The Kier molecular flexibility index (Phi) is 14.0. The van der Waals surface area contributed by atoms with Gasteiger partial charge < -0.3 is 9.80 Å². The molecule has 3 nitrogen and oxygen atoms in total. The van der Waals surface area contributed by atoms with Crippen LogP contribution >= 0.6 is 0 Å². The van der Waals surface area contributed by atoms with Crippen molar-refractivity contribution in [3.63, 3.8) is 0 Å². The molecule has 0 atom stereocenters. The highest BCUT2D eigenvalue weighted by molar-refractivity contribution is 5.98. The third-order valence-corrected chi connectivity index (χ3v) is 19.4. The Morgan fingerprint density at radius 3 is 0.926 bits per heavy atom. The van der Waals surface area contributed by atoms with Crippen LogP contribution in [0.25, 0.3) is 66.9 Å². The predicted octanol–water partition coefficient (Wildman–Crippen LogP) is 23.4. The average molecular weight is 1200 g/mol. The minimum absolute atomic E-state index is 0.818. The molecule has 0 saturated heterocycles. The molecule has 17 rings (SSSR count). The lowest BCUT2D eigenvalue weighted by Crippen LogP contribution is -2.31. The maximum atomic E-state index is 6.38. The van der Waals surface area contributed by atoms with Crippen molar-refractivity contribution in [3.05, 3.63) is 427 Å². The first-order valence-electron chi connectivity index (χ1n) is 32.4. The Morgan fingerprint density at radius 2 is 0.532 bits per heavy atom. The monoisotopic (exact) mass is 1200 g/mol. The van der Waals surface area contributed by atoms with Crippen molar-refractivity contribution in [2.75, 3.05) is 9.80 Å². The van der Waals surface area contributed by atoms with Crippen LogP contribution in [0.1, 0.15) is 44.6 Å². The summed E-state index contributed by atoms with van der Waals surface area (Å²) in [6, 6.07) is 140. The lowest BCUT2D eigenvalue weighted by molar-refractivity contribution is 0.732. The molecule has 2 aliphatic carbocycles. The standard InChI is InChI=1S/C91H63N3/c1-11-31-64(32-12-1)68-51-57-86(80(59-68)66-35-15-3-16-36-66)93(74-47-27-9-28-48-74)76-53-55-78-82-63-85-88(92-89(82)91(83(78)61-76,72-43-23-7-24-44-72)73-45-25-8-26-46-73)79-56-54-77(62-84(79)90(85,70-39-19-5-20-40-70)71-41-21-6-22-42-71)94(75-49-29-10-30-50-75)87-58-52-69(65-33-13-2-14-34-65)60-81(87)67-37-17-4-18-38-67/h1-63H. The lowest BCUT2D eigenvalue weighted by Gasteiger charge is -2.35. The summed E-state index contributed by atoms with van der Waals surface area (Å²) in [7, 11) is 0. The van der Waals surface area contributed by atoms with Gasteiger partial charge in [-0.15, -0.1) is 0 Å². The van der Waals surface area contributed by atoms with E-state index < -0.39 is 10.8 Å². The third-order valence-electron chi connectivity index (χ3n) is 19.4. The predicted molar refractivity (Wildman–Crippen MR) is 390 cm³/mol. The van der Waals surface area contributed by atoms with Crippen LogP contribution in [-0.4, -0.2) is 4.98 Å². The van der Waals surface area contributed by atoms with Crippen molar-refractivity contribution in [2.45, 2.75) is 10.8 Å². The first kappa shape index (κ1) is 55.9. The smallest absolute Gasteiger partial charge is 0.0887 e. The van der Waals surface area contributed by atoms with Crippen LogP contribution in [0.3, 0.4) is 0 Å². The molecule has 15 aromatic rings. The summed E-state index contributed by atoms with van der Waals surface area (Å²) < 4.78 is 0. The molecule has 2 aliphatic rings. The minimum Gasteiger partial charge on any atom is -0.310 e. The van der Waals surface area contributed by atoms with Crippen molar-refractivity contribution in [3.8, 4) is 66.9 Å². The van der Waals surface area contributed by atoms with Gasteiger partial charge in [0.05, 0.1) is 33.6 Å². The number of anilines is 6. The van der Waals surface area contributed by atoms with Crippen LogP contribution in [0.4, 0.5) is 34.1 Å². The van der Waals surface area contributed by atoms with E-state index in [1.165, 1.54) is 33.4 Å². The van der Waals surface area contributed by atoms with E-state index in [4.69, 9.17) is 4.98 Å². The second kappa shape index (κ2) is 23.6. The van der Waals surface area contributed by atoms with Crippen molar-refractivity contribution in [2.24, 2.45) is 0 Å². The molecular formula is C91H63N3. The van der Waals surface area contributed by atoms with Crippen molar-refractivity contribution >= 4 is 34.1 Å². The van der Waals surface area contributed by atoms with E-state index >= 15 is 0 Å². The number of pyridine rings is 1. The second-order valence-corrected chi connectivity index (χ2v) is 24.5. The highest BCUT2D eigenvalue weighted by atomic mass is 15.2. The van der Waals surface area contributed by atoms with Crippen LogP contribution in [0.2, 0.25) is 0 Å². The molecular weight excluding hydrogens is 1140 g/mol. The summed E-state index contributed by atoms with van der Waals surface area (Å²) in [5.41, 5.74) is 27.3. The van der Waals surface area contributed by atoms with Gasteiger partial charge in [-0.05, 0) is 157 Å². The zero-order valence-electron chi connectivity index (χ0n) is 51.7. The fraction of sp³-hybridized carbons (Fsp3) is 0.0220. The summed E-state index contributed by atoms with van der Waals surface area (Å²) in [6.45, 7) is 0. The molecule has 94 heavy (non-hydrogen) atoms. The topological polar surface area (TPSA) is 19.4 Å². The Morgan fingerprint density at radius 1 is 0.202 bits per heavy atom. The second-order valence-electron chi connectivity index (χ2n) is 24.5. The van der Waals surface area contributed by atoms with E-state index in [9.17, 15) is 0 Å². The van der Waals surface area contributed by atoms with Gasteiger partial charge in [-0.25, -0.2) is 0 Å². The highest BCUT2D eigenvalue weighted by Crippen LogP contribution is 2.63. The van der Waals surface area contributed by atoms with E-state index in [0.717, 1.165) is 112 Å². The molecule has 1 aromatic heterocycles. The van der Waals surface area contributed by atoms with Gasteiger partial charge in [-0.2, -0.15) is 0 Å². The van der Waals surface area contributed by atoms with E-state index in [1.807, 2.05) is 0 Å². The summed E-state index contributed by atoms with van der Waals surface area (Å²) >= 11 is 0. The van der Waals surface area contributed by atoms with Gasteiger partial charge in [-0.1, -0.05) is 303 Å². The normalized spacial score (nSPS) is 12.9. The zero-order chi connectivity index (χ0) is 62.4. The average Bonchev–Trinajstić information content (AvgIpc) is 1.51. The number of benzene rings is 14. The fourth-order valence-electron chi connectivity index (χ4n) is 15.3. The maximum Gasteiger partial charge on any atom is 0.0887 e. The molecule has 3 heteroatoms. The molecule has 0 fully saturated rings. The molecule has 0 amide bonds. The number of hydrogen-bond acceptors (Lipinski definition) is 3. The number of hydrogen-bond donors (Lipinski definition) is 0. The van der Waals surface area contributed by atoms with Gasteiger partial charge in [-0.3, -0.25) is 4.98 Å². The van der Waals surface area contributed by atoms with Gasteiger partial charge in [0.15, 0.2) is 0 Å². The van der Waals surface area contributed by atoms with E-state index in [2.05, 4.69) is 392 Å². The van der Waals surface area contributed by atoms with Crippen molar-refractivity contribution in [1.82, 2.24) is 4.98 Å². The zero-order valence-corrected chi connectivity index (χ0v) is 51.7. The van der Waals surface area contributed by atoms with Crippen LogP contribution in [0.5, 0.6) is 0 Å². The van der Waals surface area contributed by atoms with Gasteiger partial charge in [0.1, 0.15) is 0 Å². The fourth-order valence-corrected chi connectivity index (χ4v) is 15.3. The molecule has 0 saturated carbocycles. The SMILES string of the molecule is c1ccc(-c2ccc(N(c3ccccc3)c3ccc4c(c3)C(c3ccccc3)(c3ccccc3)c3cc5c(nc3-4)C(c3ccccc3)(c3ccccc3)c3cc(N(c4ccccc4)c4ccc(-c6ccccc6)cc4-c4ccccc4)ccc3-5)c(-c3ccccc3)c2)cc1. The van der Waals surface area contributed by atoms with Gasteiger partial charge >= 0.3 is 0 Å². The number of rotatable bonds is 14. The maximum absolute atomic E-state index is 6.38. The van der Waals surface area contributed by atoms with Crippen molar-refractivity contribution < 1.29 is 0 Å². The molecule has 442 valence electrons. The Hall–Kier alpha value is -12.2. The Labute approximate surface area is 550 Å². The lowest BCUT2D eigenvalue weighted by atomic mass is 9.67. The van der Waals surface area contributed by atoms with E-state index in [1.54, 1.807) is 0 Å². The molecule has 0 unspecified atom stereocenters. The summed E-state index contributed by atoms with van der Waals surface area (Å²) in [4.78, 5) is 11.3. The van der Waals surface area contributed by atoms with Crippen molar-refractivity contribution in [1.29, 1.82) is 0 Å². The van der Waals surface area contributed by atoms with Crippen LogP contribution in [-0.2, 0) is 10.8 Å².